The number of nitrogens with zero attached hydrogens (tertiary/aromatic N) is 1. The number of aliphatic hydroxyl groups is 1. The zero-order valence-corrected chi connectivity index (χ0v) is 18.6. The maximum atomic E-state index is 9.32. The molecule has 0 aromatic rings. The lowest BCUT2D eigenvalue weighted by Gasteiger charge is -2.38. The van der Waals surface area contributed by atoms with Crippen molar-refractivity contribution in [1.82, 2.24) is 0 Å². The van der Waals surface area contributed by atoms with Crippen LogP contribution in [0.3, 0.4) is 0 Å². The largest absolute Gasteiger partial charge is 1.00 e. The molecule has 1 atom stereocenters. The van der Waals surface area contributed by atoms with E-state index in [9.17, 15) is 5.11 Å². The first-order valence-corrected chi connectivity index (χ1v) is 11.0. The van der Waals surface area contributed by atoms with Crippen LogP contribution in [0.15, 0.2) is 0 Å². The predicted octanol–water partition coefficient (Wildman–Crippen LogP) is 3.32. The number of hydrogen-bond donors (Lipinski definition) is 1. The van der Waals surface area contributed by atoms with Crippen molar-refractivity contribution in [2.45, 2.75) is 116 Å². The van der Waals surface area contributed by atoms with Crippen LogP contribution in [0.5, 0.6) is 0 Å². The topological polar surface area (TPSA) is 20.2 Å². The Morgan fingerprint density at radius 1 is 0.640 bits per heavy atom. The Hall–Kier alpha value is 0.210. The van der Waals surface area contributed by atoms with Gasteiger partial charge in [-0.1, -0.05) is 84.5 Å². The first-order chi connectivity index (χ1) is 11.6. The molecule has 1 unspecified atom stereocenters. The highest BCUT2D eigenvalue weighted by Gasteiger charge is 2.26. The molecule has 0 saturated carbocycles. The molecule has 0 rings (SSSR count). The highest BCUT2D eigenvalue weighted by Crippen LogP contribution is 2.21. The van der Waals surface area contributed by atoms with E-state index in [2.05, 4.69) is 27.9 Å². The van der Waals surface area contributed by atoms with Gasteiger partial charge in [0.25, 0.3) is 0 Å². The molecule has 0 aromatic carbocycles. The molecule has 0 saturated heterocycles. The molecule has 3 heteroatoms. The van der Waals surface area contributed by atoms with Gasteiger partial charge in [0.15, 0.2) is 0 Å². The van der Waals surface area contributed by atoms with Crippen molar-refractivity contribution in [3.8, 4) is 0 Å². The van der Waals surface area contributed by atoms with Crippen molar-refractivity contribution in [3.63, 3.8) is 0 Å². The second-order valence-corrected chi connectivity index (χ2v) is 8.35. The Kier molecular flexibility index (Phi) is 20.8. The van der Waals surface area contributed by atoms with E-state index < -0.39 is 0 Å². The maximum Gasteiger partial charge on any atom is 0.102 e. The van der Waals surface area contributed by atoms with Crippen molar-refractivity contribution in [2.75, 3.05) is 27.2 Å². The number of hydrogen-bond acceptors (Lipinski definition) is 1. The average molecular weight is 378 g/mol. The van der Waals surface area contributed by atoms with Crippen LogP contribution in [-0.2, 0) is 0 Å². The quantitative estimate of drug-likeness (QED) is 0.287. The van der Waals surface area contributed by atoms with Gasteiger partial charge in [-0.05, 0) is 25.7 Å². The first kappa shape index (κ1) is 27.4. The molecular formula is C22H48ClNO. The number of rotatable bonds is 18. The third-order valence-corrected chi connectivity index (χ3v) is 5.70. The lowest BCUT2D eigenvalue weighted by atomic mass is 9.98. The van der Waals surface area contributed by atoms with Crippen LogP contribution >= 0.6 is 0 Å². The fourth-order valence-corrected chi connectivity index (χ4v) is 3.77. The summed E-state index contributed by atoms with van der Waals surface area (Å²) in [6.07, 6.45) is 20.9. The van der Waals surface area contributed by atoms with Crippen LogP contribution in [0.2, 0.25) is 0 Å². The summed E-state index contributed by atoms with van der Waals surface area (Å²) in [5.74, 6) is 0. The number of halogens is 1. The molecule has 0 spiro atoms. The summed E-state index contributed by atoms with van der Waals surface area (Å²) in [5.41, 5.74) is 0. The molecule has 1 N–H and O–H groups in total. The molecule has 0 radical (unpaired) electrons. The summed E-state index contributed by atoms with van der Waals surface area (Å²) in [5, 5.41) is 9.32. The minimum Gasteiger partial charge on any atom is -1.00 e. The predicted molar refractivity (Wildman–Crippen MR) is 108 cm³/mol. The number of quaternary nitrogens is 1. The third-order valence-electron chi connectivity index (χ3n) is 5.70. The van der Waals surface area contributed by atoms with Gasteiger partial charge in [0.05, 0.1) is 26.7 Å². The molecule has 0 aliphatic heterocycles. The van der Waals surface area contributed by atoms with Gasteiger partial charge in [-0.3, -0.25) is 0 Å². The van der Waals surface area contributed by atoms with Crippen LogP contribution in [0.1, 0.15) is 110 Å². The van der Waals surface area contributed by atoms with Gasteiger partial charge in [-0.15, -0.1) is 0 Å². The van der Waals surface area contributed by atoms with Gasteiger partial charge in [0.1, 0.15) is 6.54 Å². The van der Waals surface area contributed by atoms with Gasteiger partial charge in [0.2, 0.25) is 0 Å². The van der Waals surface area contributed by atoms with Crippen molar-refractivity contribution >= 4 is 0 Å². The van der Waals surface area contributed by atoms with E-state index in [-0.39, 0.29) is 12.4 Å². The van der Waals surface area contributed by atoms with Crippen LogP contribution in [0.25, 0.3) is 0 Å². The third kappa shape index (κ3) is 16.1. The molecule has 0 aromatic heterocycles. The zero-order chi connectivity index (χ0) is 18.1. The van der Waals surface area contributed by atoms with E-state index in [0.29, 0.717) is 6.61 Å². The average Bonchev–Trinajstić information content (AvgIpc) is 2.55. The SMILES string of the molecule is CCCCCCCCCCCCCC(CCCC)[N+](C)(C)CCO.[Cl-]. The molecular weight excluding hydrogens is 330 g/mol. The van der Waals surface area contributed by atoms with Crippen molar-refractivity contribution < 1.29 is 22.0 Å². The normalized spacial score (nSPS) is 12.8. The minimum atomic E-state index is 0. The van der Waals surface area contributed by atoms with Crippen molar-refractivity contribution in [3.05, 3.63) is 0 Å². The number of likely N-dealkylation sites (N-methyl/N-ethyl adjacent to an activating group) is 1. The molecule has 0 heterocycles. The van der Waals surface area contributed by atoms with E-state index in [4.69, 9.17) is 0 Å². The molecule has 2 nitrogen and oxygen atoms in total. The van der Waals surface area contributed by atoms with Gasteiger partial charge in [-0.2, -0.15) is 0 Å². The molecule has 0 amide bonds. The number of aliphatic hydroxyl groups excluding tert-OH is 1. The summed E-state index contributed by atoms with van der Waals surface area (Å²) < 4.78 is 0.994. The monoisotopic (exact) mass is 377 g/mol. The van der Waals surface area contributed by atoms with Crippen LogP contribution < -0.4 is 12.4 Å². The van der Waals surface area contributed by atoms with E-state index in [1.807, 2.05) is 0 Å². The fourth-order valence-electron chi connectivity index (χ4n) is 3.77. The lowest BCUT2D eigenvalue weighted by molar-refractivity contribution is -0.916. The minimum absolute atomic E-state index is 0. The lowest BCUT2D eigenvalue weighted by Crippen LogP contribution is -3.00. The molecule has 25 heavy (non-hydrogen) atoms. The fraction of sp³-hybridized carbons (Fsp3) is 1.00. The Morgan fingerprint density at radius 3 is 1.48 bits per heavy atom. The van der Waals surface area contributed by atoms with Gasteiger partial charge >= 0.3 is 0 Å². The van der Waals surface area contributed by atoms with Crippen LogP contribution in [0.4, 0.5) is 0 Å². The second kappa shape index (κ2) is 19.0. The van der Waals surface area contributed by atoms with Gasteiger partial charge in [-0.25, -0.2) is 0 Å². The summed E-state index contributed by atoms with van der Waals surface area (Å²) >= 11 is 0. The van der Waals surface area contributed by atoms with Crippen LogP contribution in [-0.4, -0.2) is 42.9 Å². The Morgan fingerprint density at radius 2 is 1.04 bits per heavy atom. The first-order valence-electron chi connectivity index (χ1n) is 11.0. The maximum absolute atomic E-state index is 9.32. The Balaban J connectivity index is 0. The standard InChI is InChI=1S/C22H48NO.ClH/c1-5-7-9-10-11-12-13-14-15-16-17-19-22(18-8-6-2)23(3,4)20-21-24;/h22,24H,5-21H2,1-4H3;1H/q+1;/p-1. The Labute approximate surface area is 165 Å². The highest BCUT2D eigenvalue weighted by molar-refractivity contribution is 4.60. The summed E-state index contributed by atoms with van der Waals surface area (Å²) in [4.78, 5) is 0. The van der Waals surface area contributed by atoms with Gasteiger partial charge < -0.3 is 22.0 Å². The molecule has 0 aliphatic rings. The molecule has 0 fully saturated rings. The van der Waals surface area contributed by atoms with E-state index in [0.717, 1.165) is 17.1 Å². The second-order valence-electron chi connectivity index (χ2n) is 8.35. The summed E-state index contributed by atoms with van der Waals surface area (Å²) in [7, 11) is 4.60. The Bertz CT molecular complexity index is 258. The smallest absolute Gasteiger partial charge is 0.102 e. The van der Waals surface area contributed by atoms with Crippen LogP contribution in [0, 0.1) is 0 Å². The van der Waals surface area contributed by atoms with Gasteiger partial charge in [0, 0.05) is 0 Å². The molecule has 0 bridgehead atoms. The molecule has 0 aliphatic carbocycles. The van der Waals surface area contributed by atoms with E-state index in [1.165, 1.54) is 96.3 Å². The number of unbranched alkanes of at least 4 members (excludes halogenated alkanes) is 11. The van der Waals surface area contributed by atoms with E-state index >= 15 is 0 Å². The van der Waals surface area contributed by atoms with E-state index in [1.54, 1.807) is 0 Å². The summed E-state index contributed by atoms with van der Waals surface area (Å²) in [6, 6.07) is 0.732. The zero-order valence-electron chi connectivity index (χ0n) is 17.9. The molecule has 154 valence electrons. The van der Waals surface area contributed by atoms with Crippen molar-refractivity contribution in [2.24, 2.45) is 0 Å². The highest BCUT2D eigenvalue weighted by atomic mass is 35.5. The summed E-state index contributed by atoms with van der Waals surface area (Å²) in [6.45, 7) is 5.78. The van der Waals surface area contributed by atoms with Crippen molar-refractivity contribution in [1.29, 1.82) is 0 Å².